The summed E-state index contributed by atoms with van der Waals surface area (Å²) in [4.78, 5) is 27.4. The number of ketones is 2. The van der Waals surface area contributed by atoms with Crippen LogP contribution in [-0.2, 0) is 14.3 Å². The number of carbonyl (C=O) groups excluding carboxylic acids is 2. The van der Waals surface area contributed by atoms with Crippen molar-refractivity contribution in [3.05, 3.63) is 103 Å². The third-order valence-corrected chi connectivity index (χ3v) is 6.63. The molecule has 0 saturated heterocycles. The van der Waals surface area contributed by atoms with E-state index in [0.29, 0.717) is 37.0 Å². The fourth-order valence-electron chi connectivity index (χ4n) is 4.64. The molecule has 1 aliphatic carbocycles. The van der Waals surface area contributed by atoms with E-state index >= 15 is 0 Å². The van der Waals surface area contributed by atoms with Gasteiger partial charge < -0.3 is 9.84 Å². The van der Waals surface area contributed by atoms with Crippen molar-refractivity contribution >= 4 is 17.3 Å². The number of aliphatic hydroxyl groups is 1. The number of aliphatic hydroxyl groups excluding tert-OH is 1. The molecule has 1 N–H and O–H groups in total. The van der Waals surface area contributed by atoms with Crippen LogP contribution in [0.1, 0.15) is 45.1 Å². The minimum Gasteiger partial charge on any atom is -0.506 e. The number of ether oxygens (including phenoxy) is 1. The molecule has 2 atom stereocenters. The molecule has 0 unspecified atom stereocenters. The van der Waals surface area contributed by atoms with Crippen molar-refractivity contribution in [2.75, 3.05) is 7.11 Å². The number of carbonyl (C=O) groups is 2. The van der Waals surface area contributed by atoms with Gasteiger partial charge in [0.15, 0.2) is 11.6 Å². The maximum absolute atomic E-state index is 14.3. The van der Waals surface area contributed by atoms with E-state index in [-0.39, 0.29) is 23.2 Å². The molecule has 180 valence electrons. The molecule has 4 heteroatoms. The third kappa shape index (κ3) is 5.56. The van der Waals surface area contributed by atoms with Crippen LogP contribution in [0.5, 0.6) is 0 Å². The Kier molecular flexibility index (Phi) is 9.19. The molecular weight excluding hydrogens is 424 g/mol. The van der Waals surface area contributed by atoms with Crippen molar-refractivity contribution in [3.63, 3.8) is 0 Å². The van der Waals surface area contributed by atoms with Crippen LogP contribution in [0.2, 0.25) is 0 Å². The summed E-state index contributed by atoms with van der Waals surface area (Å²) >= 11 is 0. The standard InChI is InChI=1S/C30H36O4/c1-8-13-23(20(3)4)18-30(19-24(14-9-2)21(5)6)26(34-7)17-25(31)27(29(30)33)28(32)22-15-11-10-12-16-22/h8-12,15-17,23-24,32H,1-3,5,13-14,18-19H2,4,6-7H3/b28-27-/t23-,24-/m0/s1. The Morgan fingerprint density at radius 2 is 1.50 bits per heavy atom. The van der Waals surface area contributed by atoms with E-state index in [1.54, 1.807) is 42.5 Å². The first-order valence-electron chi connectivity index (χ1n) is 11.5. The molecule has 0 heterocycles. The Labute approximate surface area is 203 Å². The summed E-state index contributed by atoms with van der Waals surface area (Å²) < 4.78 is 5.70. The average molecular weight is 461 g/mol. The molecule has 0 amide bonds. The molecule has 4 nitrogen and oxygen atoms in total. The van der Waals surface area contributed by atoms with E-state index in [2.05, 4.69) is 26.3 Å². The monoisotopic (exact) mass is 460 g/mol. The van der Waals surface area contributed by atoms with Gasteiger partial charge >= 0.3 is 0 Å². The highest BCUT2D eigenvalue weighted by Gasteiger charge is 2.52. The largest absolute Gasteiger partial charge is 0.506 e. The first kappa shape index (κ1) is 26.8. The van der Waals surface area contributed by atoms with Crippen molar-refractivity contribution in [2.45, 2.75) is 39.5 Å². The van der Waals surface area contributed by atoms with Crippen molar-refractivity contribution in [3.8, 4) is 0 Å². The Morgan fingerprint density at radius 3 is 1.91 bits per heavy atom. The van der Waals surface area contributed by atoms with Crippen LogP contribution in [0.4, 0.5) is 0 Å². The Hall–Kier alpha value is -3.40. The fraction of sp³-hybridized carbons (Fsp3) is 0.333. The van der Waals surface area contributed by atoms with Crippen LogP contribution < -0.4 is 0 Å². The smallest absolute Gasteiger partial charge is 0.196 e. The van der Waals surface area contributed by atoms with Crippen LogP contribution in [0.15, 0.2) is 97.4 Å². The van der Waals surface area contributed by atoms with Crippen molar-refractivity contribution in [1.29, 1.82) is 0 Å². The molecule has 0 aliphatic heterocycles. The van der Waals surface area contributed by atoms with Gasteiger partial charge in [-0.2, -0.15) is 0 Å². The van der Waals surface area contributed by atoms with Crippen LogP contribution in [0.3, 0.4) is 0 Å². The normalized spacial score (nSPS) is 18.4. The van der Waals surface area contributed by atoms with Gasteiger partial charge in [-0.1, -0.05) is 66.8 Å². The summed E-state index contributed by atoms with van der Waals surface area (Å²) in [5.74, 6) is -1.16. The number of allylic oxidation sites excluding steroid dienone is 7. The lowest BCUT2D eigenvalue weighted by atomic mass is 9.62. The van der Waals surface area contributed by atoms with Crippen LogP contribution >= 0.6 is 0 Å². The quantitative estimate of drug-likeness (QED) is 0.159. The van der Waals surface area contributed by atoms with Gasteiger partial charge in [0.25, 0.3) is 0 Å². The summed E-state index contributed by atoms with van der Waals surface area (Å²) in [6, 6.07) is 8.64. The van der Waals surface area contributed by atoms with Gasteiger partial charge in [0.05, 0.1) is 12.5 Å². The highest BCUT2D eigenvalue weighted by atomic mass is 16.5. The van der Waals surface area contributed by atoms with Crippen LogP contribution in [-0.4, -0.2) is 23.8 Å². The second-order valence-electron chi connectivity index (χ2n) is 9.12. The van der Waals surface area contributed by atoms with Crippen LogP contribution in [0.25, 0.3) is 5.76 Å². The summed E-state index contributed by atoms with van der Waals surface area (Å²) in [7, 11) is 1.47. The molecule has 34 heavy (non-hydrogen) atoms. The zero-order valence-electron chi connectivity index (χ0n) is 20.6. The number of benzene rings is 1. The van der Waals surface area contributed by atoms with E-state index in [9.17, 15) is 14.7 Å². The van der Waals surface area contributed by atoms with E-state index in [4.69, 9.17) is 4.74 Å². The Morgan fingerprint density at radius 1 is 1.00 bits per heavy atom. The number of hydrogen-bond acceptors (Lipinski definition) is 4. The molecule has 1 aliphatic rings. The lowest BCUT2D eigenvalue weighted by molar-refractivity contribution is -0.130. The second-order valence-corrected chi connectivity index (χ2v) is 9.12. The van der Waals surface area contributed by atoms with Gasteiger partial charge in [0, 0.05) is 11.6 Å². The SMILES string of the molecule is C=CC[C@@H](CC1(C[C@H](CC=C)C(=C)C)C(=O)/C(=C(\O)c2ccccc2)C(=O)C=C1OC)C(=C)C. The summed E-state index contributed by atoms with van der Waals surface area (Å²) in [5, 5.41) is 11.1. The molecular formula is C30H36O4. The molecule has 0 aromatic heterocycles. The second kappa shape index (κ2) is 11.6. The molecule has 2 rings (SSSR count). The van der Waals surface area contributed by atoms with E-state index in [0.717, 1.165) is 11.1 Å². The van der Waals surface area contributed by atoms with Gasteiger partial charge in [-0.05, 0) is 51.4 Å². The number of rotatable bonds is 12. The minimum absolute atomic E-state index is 0.0668. The van der Waals surface area contributed by atoms with E-state index < -0.39 is 17.0 Å². The molecule has 0 spiro atoms. The van der Waals surface area contributed by atoms with Crippen molar-refractivity contribution in [1.82, 2.24) is 0 Å². The predicted octanol–water partition coefficient (Wildman–Crippen LogP) is 6.94. The predicted molar refractivity (Wildman–Crippen MR) is 139 cm³/mol. The fourth-order valence-corrected chi connectivity index (χ4v) is 4.64. The van der Waals surface area contributed by atoms with E-state index in [1.165, 1.54) is 13.2 Å². The van der Waals surface area contributed by atoms with Gasteiger partial charge in [-0.15, -0.1) is 13.2 Å². The maximum atomic E-state index is 14.3. The maximum Gasteiger partial charge on any atom is 0.196 e. The van der Waals surface area contributed by atoms with Crippen molar-refractivity contribution < 1.29 is 19.4 Å². The molecule has 0 fully saturated rings. The topological polar surface area (TPSA) is 63.6 Å². The summed E-state index contributed by atoms with van der Waals surface area (Å²) in [6.07, 6.45) is 6.94. The first-order chi connectivity index (χ1) is 16.1. The lowest BCUT2D eigenvalue weighted by Crippen LogP contribution is -2.44. The molecule has 0 bridgehead atoms. The van der Waals surface area contributed by atoms with Crippen molar-refractivity contribution in [2.24, 2.45) is 17.3 Å². The zero-order chi connectivity index (χ0) is 25.5. The molecule has 1 aromatic rings. The molecule has 0 radical (unpaired) electrons. The summed E-state index contributed by atoms with van der Waals surface area (Å²) in [6.45, 7) is 19.9. The van der Waals surface area contributed by atoms with Gasteiger partial charge in [-0.3, -0.25) is 9.59 Å². The lowest BCUT2D eigenvalue weighted by Gasteiger charge is -2.41. The highest BCUT2D eigenvalue weighted by molar-refractivity contribution is 6.32. The molecule has 1 aromatic carbocycles. The van der Waals surface area contributed by atoms with E-state index in [1.807, 2.05) is 13.8 Å². The minimum atomic E-state index is -1.18. The number of Topliss-reactive ketones (excluding diaryl/α,β-unsaturated/α-hetero) is 1. The Balaban J connectivity index is 2.81. The molecule has 0 saturated carbocycles. The first-order valence-corrected chi connectivity index (χ1v) is 11.5. The zero-order valence-corrected chi connectivity index (χ0v) is 20.6. The average Bonchev–Trinajstić information content (AvgIpc) is 2.80. The Bertz CT molecular complexity index is 1010. The number of methoxy groups -OCH3 is 1. The number of hydrogen-bond donors (Lipinski definition) is 1. The highest BCUT2D eigenvalue weighted by Crippen LogP contribution is 2.50. The van der Waals surface area contributed by atoms with Gasteiger partial charge in [0.1, 0.15) is 17.1 Å². The van der Waals surface area contributed by atoms with Crippen LogP contribution in [0, 0.1) is 17.3 Å². The van der Waals surface area contributed by atoms with Gasteiger partial charge in [0.2, 0.25) is 0 Å². The summed E-state index contributed by atoms with van der Waals surface area (Å²) in [5.41, 5.74) is 0.832. The third-order valence-electron chi connectivity index (χ3n) is 6.63. The van der Waals surface area contributed by atoms with Gasteiger partial charge in [-0.25, -0.2) is 0 Å².